The topological polar surface area (TPSA) is 75.4 Å². The van der Waals surface area contributed by atoms with Crippen LogP contribution in [0.2, 0.25) is 5.02 Å². The highest BCUT2D eigenvalue weighted by molar-refractivity contribution is 6.31. The Labute approximate surface area is 147 Å². The van der Waals surface area contributed by atoms with Gasteiger partial charge >= 0.3 is 0 Å². The molecule has 3 atom stereocenters. The molecule has 2 aliphatic rings. The number of rotatable bonds is 3. The Balaban J connectivity index is 1.66. The third kappa shape index (κ3) is 3.42. The molecule has 1 saturated heterocycles. The summed E-state index contributed by atoms with van der Waals surface area (Å²) in [6, 6.07) is 6.73. The fourth-order valence-electron chi connectivity index (χ4n) is 3.78. The first-order valence-corrected chi connectivity index (χ1v) is 8.92. The summed E-state index contributed by atoms with van der Waals surface area (Å²) in [6.07, 6.45) is 4.31. The van der Waals surface area contributed by atoms with Gasteiger partial charge in [-0.1, -0.05) is 30.5 Å². The zero-order valence-electron chi connectivity index (χ0n) is 13.9. The van der Waals surface area contributed by atoms with Gasteiger partial charge in [-0.15, -0.1) is 0 Å². The maximum absolute atomic E-state index is 12.6. The van der Waals surface area contributed by atoms with Gasteiger partial charge in [0.25, 0.3) is 0 Å². The van der Waals surface area contributed by atoms with Crippen LogP contribution in [-0.2, 0) is 9.59 Å². The predicted octanol–water partition coefficient (Wildman–Crippen LogP) is 2.47. The summed E-state index contributed by atoms with van der Waals surface area (Å²) in [7, 11) is 0. The minimum Gasteiger partial charge on any atom is -0.344 e. The molecule has 2 fully saturated rings. The minimum atomic E-state index is -0.489. The van der Waals surface area contributed by atoms with E-state index in [2.05, 4.69) is 5.32 Å². The first kappa shape index (κ1) is 17.2. The molecule has 5 nitrogen and oxygen atoms in total. The van der Waals surface area contributed by atoms with Crippen LogP contribution >= 0.6 is 11.6 Å². The molecule has 1 saturated carbocycles. The minimum absolute atomic E-state index is 0.0832. The largest absolute Gasteiger partial charge is 0.344 e. The van der Waals surface area contributed by atoms with Crippen molar-refractivity contribution in [1.29, 1.82) is 0 Å². The van der Waals surface area contributed by atoms with Crippen molar-refractivity contribution in [2.45, 2.75) is 50.6 Å². The lowest BCUT2D eigenvalue weighted by Crippen LogP contribution is -2.55. The lowest BCUT2D eigenvalue weighted by Gasteiger charge is -2.37. The molecule has 3 N–H and O–H groups in total. The lowest BCUT2D eigenvalue weighted by molar-refractivity contribution is -0.131. The first-order chi connectivity index (χ1) is 11.4. The second kappa shape index (κ2) is 6.73. The van der Waals surface area contributed by atoms with Gasteiger partial charge in [0.1, 0.15) is 6.04 Å². The highest BCUT2D eigenvalue weighted by Crippen LogP contribution is 2.32. The smallest absolute Gasteiger partial charge is 0.249 e. The van der Waals surface area contributed by atoms with Crippen molar-refractivity contribution in [2.75, 3.05) is 11.4 Å². The SMILES string of the molecule is CC1(N)CCCCC1C(=O)NC1CCN(c2cccc(Cl)c2)C1=O. The second-order valence-electron chi connectivity index (χ2n) is 7.12. The number of nitrogens with two attached hydrogens (primary N) is 1. The Hall–Kier alpha value is -1.59. The molecule has 6 heteroatoms. The third-order valence-corrected chi connectivity index (χ3v) is 5.45. The molecule has 0 bridgehead atoms. The van der Waals surface area contributed by atoms with Crippen molar-refractivity contribution >= 4 is 29.1 Å². The molecule has 2 amide bonds. The van der Waals surface area contributed by atoms with E-state index in [0.29, 0.717) is 18.0 Å². The van der Waals surface area contributed by atoms with E-state index >= 15 is 0 Å². The van der Waals surface area contributed by atoms with Crippen LogP contribution in [0.1, 0.15) is 39.0 Å². The van der Waals surface area contributed by atoms with Gasteiger partial charge in [0, 0.05) is 22.8 Å². The molecule has 1 aliphatic heterocycles. The van der Waals surface area contributed by atoms with E-state index in [-0.39, 0.29) is 17.7 Å². The predicted molar refractivity (Wildman–Crippen MR) is 94.9 cm³/mol. The average Bonchev–Trinajstić information content (AvgIpc) is 2.88. The summed E-state index contributed by atoms with van der Waals surface area (Å²) >= 11 is 6.00. The number of halogens is 1. The van der Waals surface area contributed by atoms with E-state index in [0.717, 1.165) is 31.4 Å². The lowest BCUT2D eigenvalue weighted by atomic mass is 9.74. The van der Waals surface area contributed by atoms with Crippen molar-refractivity contribution in [3.63, 3.8) is 0 Å². The molecule has 1 heterocycles. The Morgan fingerprint density at radius 3 is 2.88 bits per heavy atom. The number of benzene rings is 1. The van der Waals surface area contributed by atoms with Gasteiger partial charge in [0.2, 0.25) is 11.8 Å². The Morgan fingerprint density at radius 1 is 1.38 bits per heavy atom. The van der Waals surface area contributed by atoms with Crippen LogP contribution in [0, 0.1) is 5.92 Å². The molecular formula is C18H24ClN3O2. The van der Waals surface area contributed by atoms with Crippen molar-refractivity contribution < 1.29 is 9.59 Å². The van der Waals surface area contributed by atoms with Crippen LogP contribution in [0.3, 0.4) is 0 Å². The zero-order valence-corrected chi connectivity index (χ0v) is 14.7. The van der Waals surface area contributed by atoms with Gasteiger partial charge in [-0.25, -0.2) is 0 Å². The van der Waals surface area contributed by atoms with E-state index in [4.69, 9.17) is 17.3 Å². The number of hydrogen-bond donors (Lipinski definition) is 2. The van der Waals surface area contributed by atoms with Crippen LogP contribution in [0.25, 0.3) is 0 Å². The standard InChI is InChI=1S/C18H24ClN3O2/c1-18(20)9-3-2-7-14(18)16(23)21-15-8-10-22(17(15)24)13-6-4-5-12(19)11-13/h4-6,11,14-15H,2-3,7-10,20H2,1H3,(H,21,23). The van der Waals surface area contributed by atoms with Gasteiger partial charge in [-0.05, 0) is 44.4 Å². The maximum atomic E-state index is 12.6. The van der Waals surface area contributed by atoms with Crippen LogP contribution in [0.15, 0.2) is 24.3 Å². The van der Waals surface area contributed by atoms with Crippen LogP contribution in [0.4, 0.5) is 5.69 Å². The van der Waals surface area contributed by atoms with E-state index in [1.54, 1.807) is 17.0 Å². The van der Waals surface area contributed by atoms with Gasteiger partial charge in [0.05, 0.1) is 5.92 Å². The van der Waals surface area contributed by atoms with E-state index in [1.165, 1.54) is 0 Å². The molecule has 0 radical (unpaired) electrons. The van der Waals surface area contributed by atoms with Gasteiger partial charge in [-0.3, -0.25) is 9.59 Å². The van der Waals surface area contributed by atoms with E-state index in [1.807, 2.05) is 19.1 Å². The van der Waals surface area contributed by atoms with Crippen LogP contribution in [0.5, 0.6) is 0 Å². The highest BCUT2D eigenvalue weighted by atomic mass is 35.5. The maximum Gasteiger partial charge on any atom is 0.249 e. The summed E-state index contributed by atoms with van der Waals surface area (Å²) in [5, 5.41) is 3.52. The summed E-state index contributed by atoms with van der Waals surface area (Å²) < 4.78 is 0. The first-order valence-electron chi connectivity index (χ1n) is 8.55. The van der Waals surface area contributed by atoms with Crippen LogP contribution < -0.4 is 16.0 Å². The number of anilines is 1. The summed E-state index contributed by atoms with van der Waals surface area (Å²) in [4.78, 5) is 26.9. The number of nitrogens with one attached hydrogen (secondary N) is 1. The van der Waals surface area contributed by atoms with Crippen molar-refractivity contribution in [3.05, 3.63) is 29.3 Å². The quantitative estimate of drug-likeness (QED) is 0.880. The Bertz CT molecular complexity index is 647. The van der Waals surface area contributed by atoms with Gasteiger partial charge < -0.3 is 16.0 Å². The molecule has 1 aromatic rings. The monoisotopic (exact) mass is 349 g/mol. The van der Waals surface area contributed by atoms with Crippen molar-refractivity contribution in [2.24, 2.45) is 11.7 Å². The normalized spacial score (nSPS) is 30.5. The zero-order chi connectivity index (χ0) is 17.3. The Kier molecular flexibility index (Phi) is 4.83. The van der Waals surface area contributed by atoms with Crippen molar-refractivity contribution in [1.82, 2.24) is 5.32 Å². The summed E-state index contributed by atoms with van der Waals surface area (Å²) in [6.45, 7) is 2.51. The average molecular weight is 350 g/mol. The third-order valence-electron chi connectivity index (χ3n) is 5.21. The number of carbonyl (C=O) groups is 2. The Morgan fingerprint density at radius 2 is 2.17 bits per heavy atom. The molecular weight excluding hydrogens is 326 g/mol. The van der Waals surface area contributed by atoms with Gasteiger partial charge in [0.15, 0.2) is 0 Å². The number of nitrogens with zero attached hydrogens (tertiary/aromatic N) is 1. The highest BCUT2D eigenvalue weighted by Gasteiger charge is 2.41. The number of amides is 2. The molecule has 1 aliphatic carbocycles. The fourth-order valence-corrected chi connectivity index (χ4v) is 3.96. The fraction of sp³-hybridized carbons (Fsp3) is 0.556. The number of carbonyl (C=O) groups excluding carboxylic acids is 2. The van der Waals surface area contributed by atoms with E-state index in [9.17, 15) is 9.59 Å². The molecule has 0 aromatic heterocycles. The van der Waals surface area contributed by atoms with Crippen molar-refractivity contribution in [3.8, 4) is 0 Å². The molecule has 3 rings (SSSR count). The summed E-state index contributed by atoms with van der Waals surface area (Å²) in [5.41, 5.74) is 6.58. The summed E-state index contributed by atoms with van der Waals surface area (Å²) in [5.74, 6) is -0.398. The molecule has 0 spiro atoms. The van der Waals surface area contributed by atoms with E-state index < -0.39 is 11.6 Å². The molecule has 1 aromatic carbocycles. The van der Waals surface area contributed by atoms with Gasteiger partial charge in [-0.2, -0.15) is 0 Å². The molecule has 130 valence electrons. The number of hydrogen-bond acceptors (Lipinski definition) is 3. The second-order valence-corrected chi connectivity index (χ2v) is 7.56. The molecule has 3 unspecified atom stereocenters. The molecule has 24 heavy (non-hydrogen) atoms. The van der Waals surface area contributed by atoms with Crippen LogP contribution in [-0.4, -0.2) is 29.9 Å².